The summed E-state index contributed by atoms with van der Waals surface area (Å²) in [6.45, 7) is 3.76. The number of rotatable bonds is 3. The number of non-ortho nitro benzene ring substituents is 1. The molecule has 1 aromatic rings. The summed E-state index contributed by atoms with van der Waals surface area (Å²) < 4.78 is 0. The largest absolute Gasteiger partial charge is 0.358 e. The standard InChI is InChI=1S/C15H15N3O3/c1-15(2)8-12(19)7-14(13(15)9-16)17-10-3-5-11(6-4-10)18(20)21/h3-7,13,17H,8H2,1-2H3. The normalized spacial score (nSPS) is 20.3. The third kappa shape index (κ3) is 3.08. The monoisotopic (exact) mass is 285 g/mol. The quantitative estimate of drug-likeness (QED) is 0.680. The molecule has 1 unspecified atom stereocenters. The van der Waals surface area contributed by atoms with E-state index in [-0.39, 0.29) is 11.5 Å². The molecule has 0 radical (unpaired) electrons. The average molecular weight is 285 g/mol. The first-order valence-corrected chi connectivity index (χ1v) is 6.49. The van der Waals surface area contributed by atoms with Crippen molar-refractivity contribution in [1.29, 1.82) is 5.26 Å². The number of allylic oxidation sites excluding steroid dienone is 2. The minimum Gasteiger partial charge on any atom is -0.358 e. The molecule has 0 spiro atoms. The third-order valence-electron chi connectivity index (χ3n) is 3.53. The summed E-state index contributed by atoms with van der Waals surface area (Å²) in [5.41, 5.74) is 0.695. The maximum absolute atomic E-state index is 11.8. The van der Waals surface area contributed by atoms with E-state index in [0.717, 1.165) is 0 Å². The van der Waals surface area contributed by atoms with Crippen LogP contribution in [0.25, 0.3) is 0 Å². The van der Waals surface area contributed by atoms with Crippen LogP contribution >= 0.6 is 0 Å². The van der Waals surface area contributed by atoms with Gasteiger partial charge in [0.2, 0.25) is 0 Å². The van der Waals surface area contributed by atoms with Crippen LogP contribution in [-0.4, -0.2) is 10.7 Å². The van der Waals surface area contributed by atoms with Crippen LogP contribution in [0.3, 0.4) is 0 Å². The Balaban J connectivity index is 2.27. The number of nitrogens with one attached hydrogen (secondary N) is 1. The zero-order valence-electron chi connectivity index (χ0n) is 11.8. The lowest BCUT2D eigenvalue weighted by atomic mass is 9.70. The number of nitriles is 1. The molecule has 2 rings (SSSR count). The van der Waals surface area contributed by atoms with Crippen molar-refractivity contribution in [2.75, 3.05) is 5.32 Å². The van der Waals surface area contributed by atoms with Crippen LogP contribution in [0.15, 0.2) is 36.0 Å². The number of nitrogens with zero attached hydrogens (tertiary/aromatic N) is 2. The van der Waals surface area contributed by atoms with Crippen molar-refractivity contribution in [2.24, 2.45) is 11.3 Å². The lowest BCUT2D eigenvalue weighted by molar-refractivity contribution is -0.384. The molecule has 0 saturated heterocycles. The van der Waals surface area contributed by atoms with Gasteiger partial charge >= 0.3 is 0 Å². The fourth-order valence-corrected chi connectivity index (χ4v) is 2.47. The molecule has 1 aliphatic carbocycles. The predicted molar refractivity (Wildman–Crippen MR) is 77.3 cm³/mol. The topological polar surface area (TPSA) is 96.0 Å². The molecule has 0 fully saturated rings. The van der Waals surface area contributed by atoms with Crippen LogP contribution in [0.1, 0.15) is 20.3 Å². The van der Waals surface area contributed by atoms with Crippen LogP contribution < -0.4 is 5.32 Å². The highest BCUT2D eigenvalue weighted by Gasteiger charge is 2.38. The first-order valence-electron chi connectivity index (χ1n) is 6.49. The fraction of sp³-hybridized carbons (Fsp3) is 0.333. The molecule has 0 aromatic heterocycles. The van der Waals surface area contributed by atoms with Gasteiger partial charge in [-0.05, 0) is 17.5 Å². The van der Waals surface area contributed by atoms with E-state index in [1.165, 1.54) is 18.2 Å². The van der Waals surface area contributed by atoms with Crippen molar-refractivity contribution in [3.05, 3.63) is 46.2 Å². The molecule has 1 N–H and O–H groups in total. The van der Waals surface area contributed by atoms with E-state index >= 15 is 0 Å². The van der Waals surface area contributed by atoms with Crippen molar-refractivity contribution in [1.82, 2.24) is 0 Å². The molecule has 1 aromatic carbocycles. The van der Waals surface area contributed by atoms with E-state index in [9.17, 15) is 20.2 Å². The van der Waals surface area contributed by atoms with Crippen LogP contribution in [-0.2, 0) is 4.79 Å². The van der Waals surface area contributed by atoms with Crippen molar-refractivity contribution in [3.63, 3.8) is 0 Å². The molecule has 1 aliphatic rings. The Morgan fingerprint density at radius 2 is 2.00 bits per heavy atom. The van der Waals surface area contributed by atoms with Crippen molar-refractivity contribution < 1.29 is 9.72 Å². The molecule has 108 valence electrons. The molecule has 6 nitrogen and oxygen atoms in total. The number of nitro benzene ring substituents is 1. The van der Waals surface area contributed by atoms with Crippen molar-refractivity contribution >= 4 is 17.2 Å². The summed E-state index contributed by atoms with van der Waals surface area (Å²) >= 11 is 0. The van der Waals surface area contributed by atoms with Gasteiger partial charge in [0.15, 0.2) is 5.78 Å². The summed E-state index contributed by atoms with van der Waals surface area (Å²) in [4.78, 5) is 21.9. The second-order valence-electron chi connectivity index (χ2n) is 5.72. The molecule has 0 bridgehead atoms. The lowest BCUT2D eigenvalue weighted by Crippen LogP contribution is -2.34. The SMILES string of the molecule is CC1(C)CC(=O)C=C(Nc2ccc([N+](=O)[O-])cc2)C1C#N. The Morgan fingerprint density at radius 3 is 2.52 bits per heavy atom. The molecule has 0 heterocycles. The number of hydrogen-bond acceptors (Lipinski definition) is 5. The second-order valence-corrected chi connectivity index (χ2v) is 5.72. The van der Waals surface area contributed by atoms with Crippen LogP contribution in [0.2, 0.25) is 0 Å². The minimum atomic E-state index is -0.478. The number of carbonyl (C=O) groups excluding carboxylic acids is 1. The first-order chi connectivity index (χ1) is 9.83. The zero-order valence-corrected chi connectivity index (χ0v) is 11.8. The molecule has 1 atom stereocenters. The van der Waals surface area contributed by atoms with Gasteiger partial charge in [0.1, 0.15) is 0 Å². The lowest BCUT2D eigenvalue weighted by Gasteiger charge is -2.34. The van der Waals surface area contributed by atoms with Crippen LogP contribution in [0.4, 0.5) is 11.4 Å². The number of nitro groups is 1. The number of hydrogen-bond donors (Lipinski definition) is 1. The summed E-state index contributed by atoms with van der Waals surface area (Å²) in [6, 6.07) is 8.08. The molecule has 0 aliphatic heterocycles. The van der Waals surface area contributed by atoms with E-state index in [1.807, 2.05) is 13.8 Å². The van der Waals surface area contributed by atoms with Gasteiger partial charge in [-0.2, -0.15) is 5.26 Å². The van der Waals surface area contributed by atoms with E-state index in [0.29, 0.717) is 17.8 Å². The zero-order chi connectivity index (χ0) is 15.6. The molecule has 6 heteroatoms. The molecule has 0 amide bonds. The fourth-order valence-electron chi connectivity index (χ4n) is 2.47. The van der Waals surface area contributed by atoms with Crippen molar-refractivity contribution in [3.8, 4) is 6.07 Å². The maximum Gasteiger partial charge on any atom is 0.269 e. The summed E-state index contributed by atoms with van der Waals surface area (Å²) in [7, 11) is 0. The summed E-state index contributed by atoms with van der Waals surface area (Å²) in [5.74, 6) is -0.457. The Morgan fingerprint density at radius 1 is 1.38 bits per heavy atom. The number of ketones is 1. The van der Waals surface area contributed by atoms with E-state index in [2.05, 4.69) is 11.4 Å². The Hall–Kier alpha value is -2.68. The Labute approximate surface area is 122 Å². The van der Waals surface area contributed by atoms with Crippen LogP contribution in [0, 0.1) is 32.8 Å². The predicted octanol–water partition coefficient (Wildman–Crippen LogP) is 3.03. The van der Waals surface area contributed by atoms with Gasteiger partial charge in [0, 0.05) is 36.0 Å². The smallest absolute Gasteiger partial charge is 0.269 e. The van der Waals surface area contributed by atoms with Gasteiger partial charge in [-0.1, -0.05) is 13.8 Å². The van der Waals surface area contributed by atoms with Crippen molar-refractivity contribution in [2.45, 2.75) is 20.3 Å². The maximum atomic E-state index is 11.8. The Bertz CT molecular complexity index is 654. The number of benzene rings is 1. The molecule has 0 saturated carbocycles. The van der Waals surface area contributed by atoms with Gasteiger partial charge in [0.25, 0.3) is 5.69 Å². The average Bonchev–Trinajstić information content (AvgIpc) is 2.37. The van der Waals surface area contributed by atoms with Gasteiger partial charge in [-0.15, -0.1) is 0 Å². The Kier molecular flexibility index (Phi) is 3.76. The number of anilines is 1. The number of carbonyl (C=O) groups is 1. The van der Waals surface area contributed by atoms with Gasteiger partial charge in [-0.25, -0.2) is 0 Å². The summed E-state index contributed by atoms with van der Waals surface area (Å²) in [5, 5.41) is 23.0. The molecule has 21 heavy (non-hydrogen) atoms. The van der Waals surface area contributed by atoms with Gasteiger partial charge in [0.05, 0.1) is 16.9 Å². The summed E-state index contributed by atoms with van der Waals surface area (Å²) in [6.07, 6.45) is 1.78. The van der Waals surface area contributed by atoms with E-state index in [4.69, 9.17) is 0 Å². The van der Waals surface area contributed by atoms with Gasteiger partial charge < -0.3 is 5.32 Å². The molecular formula is C15H15N3O3. The molecular weight excluding hydrogens is 270 g/mol. The van der Waals surface area contributed by atoms with E-state index in [1.54, 1.807) is 12.1 Å². The minimum absolute atomic E-state index is 0.00795. The third-order valence-corrected chi connectivity index (χ3v) is 3.53. The second kappa shape index (κ2) is 5.37. The van der Waals surface area contributed by atoms with E-state index < -0.39 is 16.3 Å². The highest BCUT2D eigenvalue weighted by atomic mass is 16.6. The highest BCUT2D eigenvalue weighted by molar-refractivity contribution is 5.92. The van der Waals surface area contributed by atoms with Gasteiger partial charge in [-0.3, -0.25) is 14.9 Å². The first kappa shape index (κ1) is 14.7. The highest BCUT2D eigenvalue weighted by Crippen LogP contribution is 2.39. The van der Waals surface area contributed by atoms with Crippen LogP contribution in [0.5, 0.6) is 0 Å².